The third-order valence-electron chi connectivity index (χ3n) is 6.96. The van der Waals surface area contributed by atoms with Crippen LogP contribution >= 0.6 is 23.8 Å². The number of nitrogens with one attached hydrogen (secondary N) is 2. The lowest BCUT2D eigenvalue weighted by Crippen LogP contribution is -2.47. The van der Waals surface area contributed by atoms with E-state index in [0.29, 0.717) is 34.9 Å². The van der Waals surface area contributed by atoms with Crippen LogP contribution in [-0.4, -0.2) is 38.1 Å². The zero-order valence-corrected chi connectivity index (χ0v) is 25.4. The predicted molar refractivity (Wildman–Crippen MR) is 168 cm³/mol. The number of rotatable bonds is 11. The maximum Gasteiger partial charge on any atom is 0.416 e. The molecule has 1 aromatic heterocycles. The number of carbonyl (C=O) groups excluding carboxylic acids is 1. The van der Waals surface area contributed by atoms with Gasteiger partial charge in [0, 0.05) is 37.6 Å². The fourth-order valence-corrected chi connectivity index (χ4v) is 5.05. The standard InChI is InChI=1S/C32H30ClF3N6OS/c1-2-25(39-30(43)15-26-17-38-21-42(26)18-23-13-11-22(16-37)12-14-23)20-41(31(44)40-29-10-6-5-9-28(29)33)19-24-7-3-4-8-27(24)32(34,35)36/h3-14,17,21,25H,2,15,18-20H2,1H3,(H,39,43)(H,40,44)/t25-/m0/s1. The molecule has 228 valence electrons. The van der Waals surface area contributed by atoms with Crippen molar-refractivity contribution in [3.8, 4) is 6.07 Å². The maximum atomic E-state index is 13.8. The topological polar surface area (TPSA) is 86.0 Å². The summed E-state index contributed by atoms with van der Waals surface area (Å²) in [6.07, 6.45) is -0.739. The molecule has 12 heteroatoms. The zero-order chi connectivity index (χ0) is 31.7. The minimum atomic E-state index is -4.54. The average Bonchev–Trinajstić information content (AvgIpc) is 3.43. The molecule has 0 aliphatic carbocycles. The van der Waals surface area contributed by atoms with Gasteiger partial charge in [0.25, 0.3) is 0 Å². The summed E-state index contributed by atoms with van der Waals surface area (Å²) in [5.41, 5.74) is 2.01. The second-order valence-electron chi connectivity index (χ2n) is 10.1. The van der Waals surface area contributed by atoms with Gasteiger partial charge in [-0.15, -0.1) is 0 Å². The number of para-hydroxylation sites is 1. The van der Waals surface area contributed by atoms with E-state index in [1.165, 1.54) is 12.1 Å². The van der Waals surface area contributed by atoms with Gasteiger partial charge in [0.2, 0.25) is 5.91 Å². The number of imidazole rings is 1. The second-order valence-corrected chi connectivity index (χ2v) is 10.9. The van der Waals surface area contributed by atoms with E-state index in [4.69, 9.17) is 29.1 Å². The highest BCUT2D eigenvalue weighted by Gasteiger charge is 2.33. The Hall–Kier alpha value is -4.40. The van der Waals surface area contributed by atoms with Crippen LogP contribution in [0.1, 0.15) is 41.3 Å². The number of benzene rings is 3. The van der Waals surface area contributed by atoms with Crippen LogP contribution in [0.25, 0.3) is 0 Å². The molecule has 44 heavy (non-hydrogen) atoms. The Morgan fingerprint density at radius 2 is 1.82 bits per heavy atom. The molecular formula is C32H30ClF3N6OS. The van der Waals surface area contributed by atoms with Gasteiger partial charge in [-0.1, -0.05) is 61.0 Å². The number of alkyl halides is 3. The predicted octanol–water partition coefficient (Wildman–Crippen LogP) is 6.81. The molecule has 0 aliphatic rings. The number of aromatic nitrogens is 2. The van der Waals surface area contributed by atoms with E-state index in [1.807, 2.05) is 23.6 Å². The number of thiocarbonyl (C=S) groups is 1. The Morgan fingerprint density at radius 3 is 2.50 bits per heavy atom. The summed E-state index contributed by atoms with van der Waals surface area (Å²) in [5.74, 6) is -0.265. The molecule has 4 aromatic rings. The van der Waals surface area contributed by atoms with E-state index in [2.05, 4.69) is 21.7 Å². The molecule has 0 radical (unpaired) electrons. The Bertz CT molecular complexity index is 1630. The molecule has 1 heterocycles. The van der Waals surface area contributed by atoms with Crippen LogP contribution in [-0.2, 0) is 30.5 Å². The van der Waals surface area contributed by atoms with Gasteiger partial charge >= 0.3 is 6.18 Å². The molecule has 0 fully saturated rings. The summed E-state index contributed by atoms with van der Waals surface area (Å²) in [7, 11) is 0. The van der Waals surface area contributed by atoms with Crippen molar-refractivity contribution < 1.29 is 18.0 Å². The highest BCUT2D eigenvalue weighted by molar-refractivity contribution is 7.80. The molecule has 0 saturated carbocycles. The number of hydrogen-bond acceptors (Lipinski definition) is 4. The largest absolute Gasteiger partial charge is 0.416 e. The highest BCUT2D eigenvalue weighted by atomic mass is 35.5. The summed E-state index contributed by atoms with van der Waals surface area (Å²) in [6.45, 7) is 2.36. The zero-order valence-electron chi connectivity index (χ0n) is 23.8. The average molecular weight is 639 g/mol. The number of halogens is 4. The third-order valence-corrected chi connectivity index (χ3v) is 7.65. The van der Waals surface area contributed by atoms with Crippen molar-refractivity contribution in [2.24, 2.45) is 0 Å². The molecule has 1 atom stereocenters. The van der Waals surface area contributed by atoms with Gasteiger partial charge in [0.15, 0.2) is 5.11 Å². The number of hydrogen-bond donors (Lipinski definition) is 2. The Kier molecular flexibility index (Phi) is 11.0. The lowest BCUT2D eigenvalue weighted by molar-refractivity contribution is -0.138. The van der Waals surface area contributed by atoms with E-state index in [-0.39, 0.29) is 36.1 Å². The monoisotopic (exact) mass is 638 g/mol. The van der Waals surface area contributed by atoms with Crippen LogP contribution < -0.4 is 10.6 Å². The van der Waals surface area contributed by atoms with Crippen molar-refractivity contribution in [3.63, 3.8) is 0 Å². The van der Waals surface area contributed by atoms with Crippen molar-refractivity contribution >= 4 is 40.5 Å². The summed E-state index contributed by atoms with van der Waals surface area (Å²) in [6, 6.07) is 21.1. The Balaban J connectivity index is 1.49. The number of nitriles is 1. The fourth-order valence-electron chi connectivity index (χ4n) is 4.62. The fraction of sp³-hybridized carbons (Fsp3) is 0.250. The lowest BCUT2D eigenvalue weighted by atomic mass is 10.1. The minimum absolute atomic E-state index is 0.0476. The molecular weight excluding hydrogens is 609 g/mol. The first-order valence-electron chi connectivity index (χ1n) is 13.8. The number of carbonyl (C=O) groups is 1. The van der Waals surface area contributed by atoms with E-state index < -0.39 is 17.8 Å². The van der Waals surface area contributed by atoms with Crippen LogP contribution in [0.2, 0.25) is 5.02 Å². The number of anilines is 1. The van der Waals surface area contributed by atoms with E-state index in [1.54, 1.807) is 59.9 Å². The van der Waals surface area contributed by atoms with E-state index in [9.17, 15) is 18.0 Å². The summed E-state index contributed by atoms with van der Waals surface area (Å²) >= 11 is 12.0. The van der Waals surface area contributed by atoms with Crippen LogP contribution in [0, 0.1) is 11.3 Å². The summed E-state index contributed by atoms with van der Waals surface area (Å²) in [4.78, 5) is 19.0. The summed E-state index contributed by atoms with van der Waals surface area (Å²) in [5, 5.41) is 15.7. The molecule has 2 N–H and O–H groups in total. The quantitative estimate of drug-likeness (QED) is 0.176. The van der Waals surface area contributed by atoms with E-state index in [0.717, 1.165) is 11.6 Å². The Morgan fingerprint density at radius 1 is 1.11 bits per heavy atom. The van der Waals surface area contributed by atoms with Gasteiger partial charge in [-0.05, 0) is 60.1 Å². The molecule has 0 spiro atoms. The van der Waals surface area contributed by atoms with Crippen LogP contribution in [0.4, 0.5) is 18.9 Å². The number of amides is 1. The van der Waals surface area contributed by atoms with Crippen molar-refractivity contribution in [1.82, 2.24) is 19.8 Å². The molecule has 7 nitrogen and oxygen atoms in total. The molecule has 0 unspecified atom stereocenters. The smallest absolute Gasteiger partial charge is 0.351 e. The molecule has 0 bridgehead atoms. The van der Waals surface area contributed by atoms with Gasteiger partial charge in [-0.25, -0.2) is 4.98 Å². The van der Waals surface area contributed by atoms with Crippen molar-refractivity contribution in [2.45, 2.75) is 45.1 Å². The molecule has 1 amide bonds. The van der Waals surface area contributed by atoms with Crippen LogP contribution in [0.5, 0.6) is 0 Å². The first kappa shape index (κ1) is 32.5. The molecule has 0 saturated heterocycles. The van der Waals surface area contributed by atoms with Gasteiger partial charge in [-0.2, -0.15) is 18.4 Å². The highest BCUT2D eigenvalue weighted by Crippen LogP contribution is 2.32. The van der Waals surface area contributed by atoms with E-state index >= 15 is 0 Å². The minimum Gasteiger partial charge on any atom is -0.351 e. The normalized spacial score (nSPS) is 11.8. The van der Waals surface area contributed by atoms with Crippen molar-refractivity contribution in [1.29, 1.82) is 5.26 Å². The third kappa shape index (κ3) is 8.81. The number of nitrogens with zero attached hydrogens (tertiary/aromatic N) is 4. The Labute approximate surface area is 264 Å². The lowest BCUT2D eigenvalue weighted by Gasteiger charge is -2.31. The van der Waals surface area contributed by atoms with Gasteiger partial charge in [-0.3, -0.25) is 4.79 Å². The van der Waals surface area contributed by atoms with Gasteiger partial charge in [0.1, 0.15) is 0 Å². The molecule has 3 aromatic carbocycles. The van der Waals surface area contributed by atoms with Gasteiger partial charge in [0.05, 0.1) is 40.7 Å². The molecule has 0 aliphatic heterocycles. The first-order valence-corrected chi connectivity index (χ1v) is 14.6. The van der Waals surface area contributed by atoms with Gasteiger partial charge < -0.3 is 20.1 Å². The van der Waals surface area contributed by atoms with Crippen LogP contribution in [0.15, 0.2) is 85.3 Å². The molecule has 4 rings (SSSR count). The van der Waals surface area contributed by atoms with Crippen molar-refractivity contribution in [3.05, 3.63) is 118 Å². The summed E-state index contributed by atoms with van der Waals surface area (Å²) < 4.78 is 43.3. The van der Waals surface area contributed by atoms with Crippen molar-refractivity contribution in [2.75, 3.05) is 11.9 Å². The second kappa shape index (κ2) is 14.9. The maximum absolute atomic E-state index is 13.8. The first-order chi connectivity index (χ1) is 21.1. The van der Waals surface area contributed by atoms with Crippen LogP contribution in [0.3, 0.4) is 0 Å². The SMILES string of the molecule is CC[C@@H](CN(Cc1ccccc1C(F)(F)F)C(=S)Nc1ccccc1Cl)NC(=O)Cc1cncn1Cc1ccc(C#N)cc1.